The van der Waals surface area contributed by atoms with E-state index in [4.69, 9.17) is 9.26 Å². The van der Waals surface area contributed by atoms with Crippen molar-refractivity contribution in [1.29, 1.82) is 0 Å². The van der Waals surface area contributed by atoms with Crippen LogP contribution in [0, 0.1) is 0 Å². The van der Waals surface area contributed by atoms with Crippen LogP contribution in [0.3, 0.4) is 0 Å². The average Bonchev–Trinajstić information content (AvgIpc) is 3.22. The minimum absolute atomic E-state index is 0.439. The van der Waals surface area contributed by atoms with Gasteiger partial charge in [0.05, 0.1) is 18.0 Å². The maximum atomic E-state index is 5.27. The van der Waals surface area contributed by atoms with E-state index in [-0.39, 0.29) is 0 Å². The van der Waals surface area contributed by atoms with E-state index >= 15 is 0 Å². The van der Waals surface area contributed by atoms with Gasteiger partial charge in [-0.2, -0.15) is 4.68 Å². The minimum atomic E-state index is 0.439. The average molecular weight is 345 g/mol. The molecule has 7 nitrogen and oxygen atoms in total. The van der Waals surface area contributed by atoms with Gasteiger partial charge < -0.3 is 9.26 Å². The number of hydrogen-bond donors (Lipinski definition) is 0. The minimum Gasteiger partial charge on any atom is -0.378 e. The summed E-state index contributed by atoms with van der Waals surface area (Å²) in [5.41, 5.74) is 3.00. The number of rotatable bonds is 7. The maximum Gasteiger partial charge on any atom is 0.214 e. The number of methoxy groups -OCH3 is 1. The zero-order valence-corrected chi connectivity index (χ0v) is 14.7. The van der Waals surface area contributed by atoms with Gasteiger partial charge in [0.2, 0.25) is 5.16 Å². The first-order valence-corrected chi connectivity index (χ1v) is 8.61. The fourth-order valence-corrected chi connectivity index (χ4v) is 2.97. The molecule has 0 fully saturated rings. The molecule has 0 aliphatic heterocycles. The number of nitrogens with zero attached hydrogens (tertiary/aromatic N) is 5. The van der Waals surface area contributed by atoms with Crippen LogP contribution in [0.25, 0.3) is 5.69 Å². The van der Waals surface area contributed by atoms with E-state index in [1.807, 2.05) is 18.2 Å². The van der Waals surface area contributed by atoms with Gasteiger partial charge in [-0.05, 0) is 34.0 Å². The molecule has 0 unspecified atom stereocenters. The quantitative estimate of drug-likeness (QED) is 0.608. The molecule has 3 aromatic rings. The summed E-state index contributed by atoms with van der Waals surface area (Å²) >= 11 is 1.50. The van der Waals surface area contributed by atoms with Gasteiger partial charge in [-0.3, -0.25) is 0 Å². The van der Waals surface area contributed by atoms with Crippen molar-refractivity contribution >= 4 is 11.8 Å². The largest absolute Gasteiger partial charge is 0.378 e. The molecule has 0 N–H and O–H groups in total. The lowest BCUT2D eigenvalue weighted by Crippen LogP contribution is -1.99. The van der Waals surface area contributed by atoms with E-state index in [9.17, 15) is 0 Å². The molecule has 0 saturated carbocycles. The summed E-state index contributed by atoms with van der Waals surface area (Å²) < 4.78 is 12.0. The summed E-state index contributed by atoms with van der Waals surface area (Å²) in [6.45, 7) is 4.78. The highest BCUT2D eigenvalue weighted by Crippen LogP contribution is 2.24. The SMILES string of the molecule is COCc1cc(CSc2nnnn2-c2ccc(C(C)C)cc2)on1. The van der Waals surface area contributed by atoms with Crippen LogP contribution in [0.4, 0.5) is 0 Å². The van der Waals surface area contributed by atoms with Gasteiger partial charge in [-0.1, -0.05) is 42.9 Å². The lowest BCUT2D eigenvalue weighted by atomic mass is 10.0. The Morgan fingerprint density at radius 3 is 2.75 bits per heavy atom. The molecule has 0 aliphatic rings. The van der Waals surface area contributed by atoms with Crippen LogP contribution in [-0.4, -0.2) is 32.5 Å². The highest BCUT2D eigenvalue weighted by atomic mass is 32.2. The molecule has 0 atom stereocenters. The molecule has 0 aliphatic carbocycles. The van der Waals surface area contributed by atoms with Gasteiger partial charge in [-0.15, -0.1) is 5.10 Å². The second-order valence-corrected chi connectivity index (χ2v) is 6.57. The molecule has 0 spiro atoms. The van der Waals surface area contributed by atoms with Crippen LogP contribution in [0.15, 0.2) is 40.0 Å². The predicted molar refractivity (Wildman–Crippen MR) is 90.0 cm³/mol. The van der Waals surface area contributed by atoms with Gasteiger partial charge in [0.25, 0.3) is 0 Å². The van der Waals surface area contributed by atoms with E-state index in [1.165, 1.54) is 17.3 Å². The number of benzene rings is 1. The van der Waals surface area contributed by atoms with Crippen molar-refractivity contribution in [3.8, 4) is 5.69 Å². The maximum absolute atomic E-state index is 5.27. The van der Waals surface area contributed by atoms with E-state index in [0.717, 1.165) is 17.1 Å². The summed E-state index contributed by atoms with van der Waals surface area (Å²) in [7, 11) is 1.63. The van der Waals surface area contributed by atoms with E-state index in [1.54, 1.807) is 11.8 Å². The number of ether oxygens (including phenoxy) is 1. The highest BCUT2D eigenvalue weighted by molar-refractivity contribution is 7.98. The molecule has 2 heterocycles. The van der Waals surface area contributed by atoms with Crippen LogP contribution >= 0.6 is 11.8 Å². The lowest BCUT2D eigenvalue weighted by Gasteiger charge is -2.07. The summed E-state index contributed by atoms with van der Waals surface area (Å²) in [5, 5.41) is 16.6. The zero-order chi connectivity index (χ0) is 16.9. The van der Waals surface area contributed by atoms with Gasteiger partial charge in [0.1, 0.15) is 11.5 Å². The molecule has 0 saturated heterocycles. The van der Waals surface area contributed by atoms with Crippen molar-refractivity contribution < 1.29 is 9.26 Å². The molecule has 24 heavy (non-hydrogen) atoms. The standard InChI is InChI=1S/C16H19N5O2S/c1-11(2)12-4-6-14(7-5-12)21-16(17-19-20-21)24-10-15-8-13(9-22-3)18-23-15/h4-8,11H,9-10H2,1-3H3. The van der Waals surface area contributed by atoms with Crippen molar-refractivity contribution in [1.82, 2.24) is 25.4 Å². The van der Waals surface area contributed by atoms with Crippen molar-refractivity contribution in [3.63, 3.8) is 0 Å². The first-order chi connectivity index (χ1) is 11.7. The van der Waals surface area contributed by atoms with Crippen molar-refractivity contribution in [2.24, 2.45) is 0 Å². The third-order valence-electron chi connectivity index (χ3n) is 3.49. The lowest BCUT2D eigenvalue weighted by molar-refractivity contribution is 0.177. The Morgan fingerprint density at radius 2 is 2.04 bits per heavy atom. The Morgan fingerprint density at radius 1 is 1.25 bits per heavy atom. The van der Waals surface area contributed by atoms with E-state index in [2.05, 4.69) is 46.7 Å². The summed E-state index contributed by atoms with van der Waals surface area (Å²) in [6.07, 6.45) is 0. The van der Waals surface area contributed by atoms with E-state index in [0.29, 0.717) is 23.4 Å². The number of tetrazole rings is 1. The molecule has 8 heteroatoms. The van der Waals surface area contributed by atoms with Crippen molar-refractivity contribution in [2.75, 3.05) is 7.11 Å². The summed E-state index contributed by atoms with van der Waals surface area (Å²) in [6, 6.07) is 10.1. The molecule has 0 amide bonds. The summed E-state index contributed by atoms with van der Waals surface area (Å²) in [4.78, 5) is 0. The number of hydrogen-bond acceptors (Lipinski definition) is 7. The molecule has 2 aromatic heterocycles. The van der Waals surface area contributed by atoms with Crippen LogP contribution in [0.5, 0.6) is 0 Å². The van der Waals surface area contributed by atoms with Crippen LogP contribution in [0.1, 0.15) is 36.8 Å². The fourth-order valence-electron chi connectivity index (χ4n) is 2.21. The Labute approximate surface area is 144 Å². The molecule has 3 rings (SSSR count). The molecule has 126 valence electrons. The van der Waals surface area contributed by atoms with Crippen LogP contribution < -0.4 is 0 Å². The second-order valence-electron chi connectivity index (χ2n) is 5.63. The first-order valence-electron chi connectivity index (χ1n) is 7.62. The number of thioether (sulfide) groups is 1. The van der Waals surface area contributed by atoms with Crippen LogP contribution in [0.2, 0.25) is 0 Å². The monoisotopic (exact) mass is 345 g/mol. The topological polar surface area (TPSA) is 78.9 Å². The van der Waals surface area contributed by atoms with Crippen molar-refractivity contribution in [2.45, 2.75) is 37.3 Å². The molecular formula is C16H19N5O2S. The Balaban J connectivity index is 1.70. The molecular weight excluding hydrogens is 326 g/mol. The van der Waals surface area contributed by atoms with Gasteiger partial charge in [0.15, 0.2) is 0 Å². The van der Waals surface area contributed by atoms with Gasteiger partial charge in [0, 0.05) is 13.2 Å². The highest BCUT2D eigenvalue weighted by Gasteiger charge is 2.12. The third-order valence-corrected chi connectivity index (χ3v) is 4.43. The zero-order valence-electron chi connectivity index (χ0n) is 13.8. The Kier molecular flexibility index (Phi) is 5.27. The third kappa shape index (κ3) is 3.82. The van der Waals surface area contributed by atoms with Crippen molar-refractivity contribution in [3.05, 3.63) is 47.3 Å². The normalized spacial score (nSPS) is 11.3. The smallest absolute Gasteiger partial charge is 0.214 e. The molecule has 1 aromatic carbocycles. The number of aromatic nitrogens is 5. The fraction of sp³-hybridized carbons (Fsp3) is 0.375. The Bertz CT molecular complexity index is 782. The Hall–Kier alpha value is -2.19. The first kappa shape index (κ1) is 16.7. The molecule has 0 bridgehead atoms. The van der Waals surface area contributed by atoms with Gasteiger partial charge >= 0.3 is 0 Å². The predicted octanol–water partition coefficient (Wildman–Crippen LogP) is 3.21. The van der Waals surface area contributed by atoms with E-state index < -0.39 is 0 Å². The summed E-state index contributed by atoms with van der Waals surface area (Å²) in [5.74, 6) is 1.85. The van der Waals surface area contributed by atoms with Crippen LogP contribution in [-0.2, 0) is 17.1 Å². The second kappa shape index (κ2) is 7.59. The van der Waals surface area contributed by atoms with Gasteiger partial charge in [-0.25, -0.2) is 0 Å². The molecule has 0 radical (unpaired) electrons.